The lowest BCUT2D eigenvalue weighted by molar-refractivity contribution is -0.134. The molecule has 0 aliphatic carbocycles. The van der Waals surface area contributed by atoms with Crippen LogP contribution in [-0.4, -0.2) is 104 Å². The van der Waals surface area contributed by atoms with E-state index in [4.69, 9.17) is 4.74 Å². The van der Waals surface area contributed by atoms with Crippen LogP contribution in [0.2, 0.25) is 0 Å². The van der Waals surface area contributed by atoms with E-state index in [1.54, 1.807) is 0 Å². The molecule has 0 radical (unpaired) electrons. The fourth-order valence-corrected chi connectivity index (χ4v) is 3.76. The van der Waals surface area contributed by atoms with Crippen LogP contribution in [-0.2, 0) is 9.53 Å². The third-order valence-electron chi connectivity index (χ3n) is 5.29. The number of carbonyl (C=O) groups is 2. The lowest BCUT2D eigenvalue weighted by Crippen LogP contribution is -2.56. The first-order valence-corrected chi connectivity index (χ1v) is 9.25. The fourth-order valence-electron chi connectivity index (χ4n) is 3.76. The Balaban J connectivity index is 1.41. The summed E-state index contributed by atoms with van der Waals surface area (Å²) in [5, 5.41) is 0. The molecule has 3 aliphatic heterocycles. The summed E-state index contributed by atoms with van der Waals surface area (Å²) in [6.45, 7) is 10.1. The minimum absolute atomic E-state index is 0.120. The Morgan fingerprint density at radius 1 is 0.917 bits per heavy atom. The van der Waals surface area contributed by atoms with Crippen LogP contribution in [0, 0.1) is 5.92 Å². The molecule has 3 saturated heterocycles. The number of likely N-dealkylation sites (tertiary alicyclic amines) is 1. The zero-order chi connectivity index (χ0) is 16.9. The number of piperazine rings is 1. The molecule has 1 unspecified atom stereocenters. The van der Waals surface area contributed by atoms with E-state index in [1.807, 2.05) is 14.7 Å². The van der Waals surface area contributed by atoms with Crippen LogP contribution in [0.1, 0.15) is 19.8 Å². The summed E-state index contributed by atoms with van der Waals surface area (Å²) in [5.74, 6) is 0.861. The predicted octanol–water partition coefficient (Wildman–Crippen LogP) is 0.315. The minimum atomic E-state index is 0.120. The highest BCUT2D eigenvalue weighted by Crippen LogP contribution is 2.16. The van der Waals surface area contributed by atoms with Crippen LogP contribution in [0.15, 0.2) is 0 Å². The molecule has 0 bridgehead atoms. The van der Waals surface area contributed by atoms with Gasteiger partial charge in [0.2, 0.25) is 5.91 Å². The van der Waals surface area contributed by atoms with Crippen LogP contribution in [0.5, 0.6) is 0 Å². The van der Waals surface area contributed by atoms with Crippen molar-refractivity contribution in [1.82, 2.24) is 19.6 Å². The second-order valence-corrected chi connectivity index (χ2v) is 7.23. The number of hydrogen-bond acceptors (Lipinski definition) is 4. The Morgan fingerprint density at radius 2 is 1.58 bits per heavy atom. The third kappa shape index (κ3) is 4.39. The van der Waals surface area contributed by atoms with E-state index in [1.165, 1.54) is 6.42 Å². The Morgan fingerprint density at radius 3 is 2.25 bits per heavy atom. The smallest absolute Gasteiger partial charge is 0.320 e. The minimum Gasteiger partial charge on any atom is -0.378 e. The number of amides is 3. The van der Waals surface area contributed by atoms with Crippen LogP contribution < -0.4 is 0 Å². The van der Waals surface area contributed by atoms with Crippen molar-refractivity contribution in [2.45, 2.75) is 19.8 Å². The highest BCUT2D eigenvalue weighted by molar-refractivity contribution is 5.78. The summed E-state index contributed by atoms with van der Waals surface area (Å²) >= 11 is 0. The molecule has 0 aromatic heterocycles. The molecule has 7 heteroatoms. The van der Waals surface area contributed by atoms with Gasteiger partial charge < -0.3 is 19.4 Å². The molecule has 24 heavy (non-hydrogen) atoms. The van der Waals surface area contributed by atoms with Gasteiger partial charge >= 0.3 is 6.03 Å². The van der Waals surface area contributed by atoms with Gasteiger partial charge in [-0.3, -0.25) is 9.69 Å². The Kier molecular flexibility index (Phi) is 5.94. The number of piperidine rings is 1. The molecule has 0 N–H and O–H groups in total. The van der Waals surface area contributed by atoms with Crippen molar-refractivity contribution in [2.24, 2.45) is 5.92 Å². The van der Waals surface area contributed by atoms with E-state index in [0.717, 1.165) is 32.6 Å². The fraction of sp³-hybridized carbons (Fsp3) is 0.882. The highest BCUT2D eigenvalue weighted by atomic mass is 16.5. The van der Waals surface area contributed by atoms with Crippen molar-refractivity contribution < 1.29 is 14.3 Å². The van der Waals surface area contributed by atoms with E-state index in [0.29, 0.717) is 51.9 Å². The molecule has 0 aromatic rings. The van der Waals surface area contributed by atoms with Crippen molar-refractivity contribution in [3.05, 3.63) is 0 Å². The van der Waals surface area contributed by atoms with E-state index in [-0.39, 0.29) is 11.9 Å². The van der Waals surface area contributed by atoms with Gasteiger partial charge in [0.1, 0.15) is 0 Å². The topological polar surface area (TPSA) is 56.3 Å². The molecule has 3 fully saturated rings. The van der Waals surface area contributed by atoms with Crippen LogP contribution >= 0.6 is 0 Å². The molecular weight excluding hydrogens is 308 g/mol. The van der Waals surface area contributed by atoms with Gasteiger partial charge in [-0.1, -0.05) is 6.92 Å². The summed E-state index contributed by atoms with van der Waals surface area (Å²) in [4.78, 5) is 32.9. The number of rotatable bonds is 2. The van der Waals surface area contributed by atoms with Gasteiger partial charge in [-0.25, -0.2) is 4.79 Å². The van der Waals surface area contributed by atoms with E-state index in [9.17, 15) is 9.59 Å². The SMILES string of the molecule is CC1CCCN(C(=O)CN2CCN(C(=O)N3CCOCC3)CC2)C1. The number of nitrogens with zero attached hydrogens (tertiary/aromatic N) is 4. The second kappa shape index (κ2) is 8.16. The summed E-state index contributed by atoms with van der Waals surface area (Å²) in [7, 11) is 0. The number of ether oxygens (including phenoxy) is 1. The predicted molar refractivity (Wildman–Crippen MR) is 90.8 cm³/mol. The molecule has 3 heterocycles. The van der Waals surface area contributed by atoms with Crippen molar-refractivity contribution >= 4 is 11.9 Å². The average Bonchev–Trinajstić information content (AvgIpc) is 2.62. The molecule has 136 valence electrons. The van der Waals surface area contributed by atoms with E-state index >= 15 is 0 Å². The molecule has 0 spiro atoms. The number of carbonyl (C=O) groups excluding carboxylic acids is 2. The number of urea groups is 1. The zero-order valence-electron chi connectivity index (χ0n) is 14.8. The first-order valence-electron chi connectivity index (χ1n) is 9.25. The second-order valence-electron chi connectivity index (χ2n) is 7.23. The molecule has 0 aromatic carbocycles. The zero-order valence-corrected chi connectivity index (χ0v) is 14.8. The highest BCUT2D eigenvalue weighted by Gasteiger charge is 2.28. The van der Waals surface area contributed by atoms with Gasteiger partial charge in [0.25, 0.3) is 0 Å². The maximum Gasteiger partial charge on any atom is 0.320 e. The van der Waals surface area contributed by atoms with Gasteiger partial charge in [0, 0.05) is 52.4 Å². The molecule has 3 amide bonds. The maximum atomic E-state index is 12.5. The molecule has 1 atom stereocenters. The Hall–Kier alpha value is -1.34. The van der Waals surface area contributed by atoms with Crippen LogP contribution in [0.25, 0.3) is 0 Å². The van der Waals surface area contributed by atoms with Crippen molar-refractivity contribution in [2.75, 3.05) is 72.1 Å². The quantitative estimate of drug-likeness (QED) is 0.727. The van der Waals surface area contributed by atoms with Crippen molar-refractivity contribution in [3.63, 3.8) is 0 Å². The number of morpholine rings is 1. The van der Waals surface area contributed by atoms with Gasteiger partial charge in [0.05, 0.1) is 19.8 Å². The summed E-state index contributed by atoms with van der Waals surface area (Å²) in [6, 6.07) is 0.120. The molecular formula is C17H30N4O3. The van der Waals surface area contributed by atoms with Crippen molar-refractivity contribution in [1.29, 1.82) is 0 Å². The Bertz CT molecular complexity index is 445. The molecule has 3 aliphatic rings. The monoisotopic (exact) mass is 338 g/mol. The standard InChI is InChI=1S/C17H30N4O3/c1-15-3-2-4-21(13-15)16(22)14-18-5-7-19(8-6-18)17(23)20-9-11-24-12-10-20/h15H,2-14H2,1H3. The van der Waals surface area contributed by atoms with Gasteiger partial charge in [-0.15, -0.1) is 0 Å². The summed E-state index contributed by atoms with van der Waals surface area (Å²) < 4.78 is 5.30. The first kappa shape index (κ1) is 17.5. The number of hydrogen-bond donors (Lipinski definition) is 0. The van der Waals surface area contributed by atoms with Gasteiger partial charge in [-0.05, 0) is 18.8 Å². The van der Waals surface area contributed by atoms with Gasteiger partial charge in [-0.2, -0.15) is 0 Å². The molecule has 0 saturated carbocycles. The molecule has 3 rings (SSSR count). The van der Waals surface area contributed by atoms with Crippen LogP contribution in [0.3, 0.4) is 0 Å². The maximum absolute atomic E-state index is 12.5. The van der Waals surface area contributed by atoms with Crippen molar-refractivity contribution in [3.8, 4) is 0 Å². The van der Waals surface area contributed by atoms with Gasteiger partial charge in [0.15, 0.2) is 0 Å². The lowest BCUT2D eigenvalue weighted by Gasteiger charge is -2.39. The molecule has 7 nitrogen and oxygen atoms in total. The van der Waals surface area contributed by atoms with E-state index < -0.39 is 0 Å². The normalized spacial score (nSPS) is 26.5. The Labute approximate surface area is 144 Å². The summed E-state index contributed by atoms with van der Waals surface area (Å²) in [6.07, 6.45) is 2.35. The van der Waals surface area contributed by atoms with E-state index in [2.05, 4.69) is 11.8 Å². The lowest BCUT2D eigenvalue weighted by atomic mass is 10.0. The third-order valence-corrected chi connectivity index (χ3v) is 5.29. The average molecular weight is 338 g/mol. The summed E-state index contributed by atoms with van der Waals surface area (Å²) in [5.41, 5.74) is 0. The first-order chi connectivity index (χ1) is 11.6. The van der Waals surface area contributed by atoms with Crippen LogP contribution in [0.4, 0.5) is 4.79 Å². The largest absolute Gasteiger partial charge is 0.378 e.